The van der Waals surface area contributed by atoms with Crippen molar-refractivity contribution in [2.75, 3.05) is 17.7 Å². The van der Waals surface area contributed by atoms with E-state index < -0.39 is 6.09 Å². The largest absolute Gasteiger partial charge is 0.453 e. The van der Waals surface area contributed by atoms with Gasteiger partial charge in [0.1, 0.15) is 0 Å². The fourth-order valence-corrected chi connectivity index (χ4v) is 3.13. The molecule has 5 nitrogen and oxygen atoms in total. The van der Waals surface area contributed by atoms with Crippen molar-refractivity contribution in [3.63, 3.8) is 0 Å². The zero-order valence-corrected chi connectivity index (χ0v) is 14.3. The molecule has 6 heteroatoms. The van der Waals surface area contributed by atoms with Gasteiger partial charge in [-0.05, 0) is 41.3 Å². The summed E-state index contributed by atoms with van der Waals surface area (Å²) < 4.78 is 4.53. The number of benzene rings is 2. The third-order valence-electron chi connectivity index (χ3n) is 3.53. The first-order valence-corrected chi connectivity index (χ1v) is 8.44. The number of hydrogen-bond acceptors (Lipinski definition) is 4. The van der Waals surface area contributed by atoms with Gasteiger partial charge in [0, 0.05) is 16.9 Å². The Hall–Kier alpha value is -3.12. The number of rotatable bonds is 4. The Balaban J connectivity index is 1.73. The second-order valence-corrected chi connectivity index (χ2v) is 6.09. The van der Waals surface area contributed by atoms with E-state index in [1.807, 2.05) is 41.8 Å². The van der Waals surface area contributed by atoms with E-state index in [1.54, 1.807) is 24.3 Å². The van der Waals surface area contributed by atoms with Gasteiger partial charge in [0.25, 0.3) is 5.91 Å². The van der Waals surface area contributed by atoms with Crippen LogP contribution in [0.5, 0.6) is 0 Å². The Kier molecular flexibility index (Phi) is 5.11. The lowest BCUT2D eigenvalue weighted by atomic mass is 10.1. The highest BCUT2D eigenvalue weighted by Crippen LogP contribution is 2.29. The number of methoxy groups -OCH3 is 1. The van der Waals surface area contributed by atoms with Crippen LogP contribution >= 0.6 is 11.3 Å². The SMILES string of the molecule is COC(=O)Nc1ccc(NC(=O)c2sccc2-c2ccccc2)cc1. The minimum absolute atomic E-state index is 0.164. The van der Waals surface area contributed by atoms with Crippen LogP contribution in [0, 0.1) is 0 Å². The van der Waals surface area contributed by atoms with Gasteiger partial charge in [-0.1, -0.05) is 30.3 Å². The molecule has 2 amide bonds. The highest BCUT2D eigenvalue weighted by atomic mass is 32.1. The van der Waals surface area contributed by atoms with Gasteiger partial charge >= 0.3 is 6.09 Å². The first kappa shape index (κ1) is 16.7. The van der Waals surface area contributed by atoms with Gasteiger partial charge in [-0.25, -0.2) is 4.79 Å². The second-order valence-electron chi connectivity index (χ2n) is 5.18. The van der Waals surface area contributed by atoms with Crippen molar-refractivity contribution in [1.82, 2.24) is 0 Å². The Labute approximate surface area is 149 Å². The van der Waals surface area contributed by atoms with E-state index in [-0.39, 0.29) is 5.91 Å². The lowest BCUT2D eigenvalue weighted by molar-refractivity contribution is 0.103. The summed E-state index contributed by atoms with van der Waals surface area (Å²) in [7, 11) is 1.30. The standard InChI is InChI=1S/C19H16N2O3S/c1-24-19(23)21-15-9-7-14(8-10-15)20-18(22)17-16(11-12-25-17)13-5-3-2-4-6-13/h2-12H,1H3,(H,20,22)(H,21,23). The summed E-state index contributed by atoms with van der Waals surface area (Å²) in [5.41, 5.74) is 3.15. The van der Waals surface area contributed by atoms with Crippen LogP contribution < -0.4 is 10.6 Å². The molecule has 126 valence electrons. The van der Waals surface area contributed by atoms with E-state index in [4.69, 9.17) is 0 Å². The number of carbonyl (C=O) groups excluding carboxylic acids is 2. The minimum Gasteiger partial charge on any atom is -0.453 e. The number of thiophene rings is 1. The smallest absolute Gasteiger partial charge is 0.411 e. The van der Waals surface area contributed by atoms with Crippen LogP contribution in [-0.4, -0.2) is 19.1 Å². The molecule has 2 aromatic carbocycles. The lowest BCUT2D eigenvalue weighted by Gasteiger charge is -2.08. The highest BCUT2D eigenvalue weighted by molar-refractivity contribution is 7.12. The lowest BCUT2D eigenvalue weighted by Crippen LogP contribution is -2.12. The summed E-state index contributed by atoms with van der Waals surface area (Å²) in [4.78, 5) is 24.4. The fraction of sp³-hybridized carbons (Fsp3) is 0.0526. The summed E-state index contributed by atoms with van der Waals surface area (Å²) >= 11 is 1.40. The number of anilines is 2. The highest BCUT2D eigenvalue weighted by Gasteiger charge is 2.14. The quantitative estimate of drug-likeness (QED) is 0.705. The summed E-state index contributed by atoms with van der Waals surface area (Å²) in [5, 5.41) is 7.34. The van der Waals surface area contributed by atoms with Gasteiger partial charge in [-0.15, -0.1) is 11.3 Å². The molecule has 0 saturated heterocycles. The van der Waals surface area contributed by atoms with E-state index in [2.05, 4.69) is 15.4 Å². The Morgan fingerprint density at radius 2 is 1.52 bits per heavy atom. The molecule has 0 bridgehead atoms. The average molecular weight is 352 g/mol. The number of nitrogens with one attached hydrogen (secondary N) is 2. The zero-order valence-electron chi connectivity index (χ0n) is 13.5. The third-order valence-corrected chi connectivity index (χ3v) is 4.44. The number of hydrogen-bond donors (Lipinski definition) is 2. The molecule has 0 unspecified atom stereocenters. The molecular weight excluding hydrogens is 336 g/mol. The second kappa shape index (κ2) is 7.63. The normalized spacial score (nSPS) is 10.1. The van der Waals surface area contributed by atoms with Gasteiger partial charge in [0.05, 0.1) is 12.0 Å². The van der Waals surface area contributed by atoms with Crippen molar-refractivity contribution in [3.05, 3.63) is 70.9 Å². The maximum Gasteiger partial charge on any atom is 0.411 e. The molecule has 3 aromatic rings. The number of carbonyl (C=O) groups is 2. The van der Waals surface area contributed by atoms with E-state index in [0.29, 0.717) is 16.3 Å². The monoisotopic (exact) mass is 352 g/mol. The van der Waals surface area contributed by atoms with Gasteiger partial charge in [-0.3, -0.25) is 10.1 Å². The van der Waals surface area contributed by atoms with Crippen molar-refractivity contribution >= 4 is 34.7 Å². The van der Waals surface area contributed by atoms with Crippen LogP contribution in [0.2, 0.25) is 0 Å². The summed E-state index contributed by atoms with van der Waals surface area (Å²) in [6.07, 6.45) is -0.539. The molecule has 2 N–H and O–H groups in total. The summed E-state index contributed by atoms with van der Waals surface area (Å²) in [5.74, 6) is -0.164. The summed E-state index contributed by atoms with van der Waals surface area (Å²) in [6, 6.07) is 18.6. The molecule has 0 radical (unpaired) electrons. The third kappa shape index (κ3) is 4.05. The van der Waals surface area contributed by atoms with Gasteiger partial charge in [0.2, 0.25) is 0 Å². The van der Waals surface area contributed by atoms with E-state index in [0.717, 1.165) is 11.1 Å². The Bertz CT molecular complexity index is 873. The Morgan fingerprint density at radius 3 is 2.16 bits per heavy atom. The molecule has 0 aliphatic heterocycles. The minimum atomic E-state index is -0.539. The van der Waals surface area contributed by atoms with Crippen molar-refractivity contribution in [2.45, 2.75) is 0 Å². The van der Waals surface area contributed by atoms with Crippen molar-refractivity contribution in [3.8, 4) is 11.1 Å². The van der Waals surface area contributed by atoms with Crippen LogP contribution in [0.15, 0.2) is 66.0 Å². The predicted molar refractivity (Wildman–Crippen MR) is 100 cm³/mol. The molecule has 0 aliphatic carbocycles. The molecule has 1 heterocycles. The van der Waals surface area contributed by atoms with Gasteiger partial charge in [0.15, 0.2) is 0 Å². The van der Waals surface area contributed by atoms with Crippen LogP contribution in [0.25, 0.3) is 11.1 Å². The van der Waals surface area contributed by atoms with Crippen LogP contribution in [0.1, 0.15) is 9.67 Å². The predicted octanol–water partition coefficient (Wildman–Crippen LogP) is 4.85. The van der Waals surface area contributed by atoms with Crippen molar-refractivity contribution < 1.29 is 14.3 Å². The summed E-state index contributed by atoms with van der Waals surface area (Å²) in [6.45, 7) is 0. The molecule has 0 aliphatic rings. The number of amides is 2. The van der Waals surface area contributed by atoms with E-state index >= 15 is 0 Å². The maximum atomic E-state index is 12.6. The van der Waals surface area contributed by atoms with Crippen molar-refractivity contribution in [1.29, 1.82) is 0 Å². The van der Waals surface area contributed by atoms with Crippen LogP contribution in [0.3, 0.4) is 0 Å². The molecule has 1 aromatic heterocycles. The van der Waals surface area contributed by atoms with E-state index in [9.17, 15) is 9.59 Å². The number of ether oxygens (including phenoxy) is 1. The van der Waals surface area contributed by atoms with Crippen molar-refractivity contribution in [2.24, 2.45) is 0 Å². The maximum absolute atomic E-state index is 12.6. The molecule has 25 heavy (non-hydrogen) atoms. The molecular formula is C19H16N2O3S. The molecule has 0 atom stereocenters. The van der Waals surface area contributed by atoms with E-state index in [1.165, 1.54) is 18.4 Å². The molecule has 0 spiro atoms. The van der Waals surface area contributed by atoms with Crippen LogP contribution in [-0.2, 0) is 4.74 Å². The first-order valence-electron chi connectivity index (χ1n) is 7.56. The topological polar surface area (TPSA) is 67.4 Å². The molecule has 3 rings (SSSR count). The first-order chi connectivity index (χ1) is 12.2. The van der Waals surface area contributed by atoms with Gasteiger partial charge < -0.3 is 10.1 Å². The molecule has 0 saturated carbocycles. The zero-order chi connectivity index (χ0) is 17.6. The van der Waals surface area contributed by atoms with Gasteiger partial charge in [-0.2, -0.15) is 0 Å². The Morgan fingerprint density at radius 1 is 0.880 bits per heavy atom. The van der Waals surface area contributed by atoms with Crippen LogP contribution in [0.4, 0.5) is 16.2 Å². The fourth-order valence-electron chi connectivity index (χ4n) is 2.32. The average Bonchev–Trinajstić information content (AvgIpc) is 3.14. The molecule has 0 fully saturated rings.